The van der Waals surface area contributed by atoms with Crippen LogP contribution in [0.25, 0.3) is 0 Å². The minimum Gasteiger partial charge on any atom is -0.369 e. The lowest BCUT2D eigenvalue weighted by atomic mass is 10.1. The molecule has 2 saturated heterocycles. The number of aromatic nitrogens is 2. The van der Waals surface area contributed by atoms with Crippen molar-refractivity contribution >= 4 is 17.3 Å². The molecule has 0 radical (unpaired) electrons. The number of amides is 1. The molecule has 1 atom stereocenters. The number of rotatable bonds is 6. The third-order valence-corrected chi connectivity index (χ3v) is 5.99. The fourth-order valence-corrected chi connectivity index (χ4v) is 4.33. The van der Waals surface area contributed by atoms with Crippen LogP contribution in [-0.2, 0) is 11.8 Å². The van der Waals surface area contributed by atoms with Crippen molar-refractivity contribution in [3.8, 4) is 0 Å². The quantitative estimate of drug-likeness (QED) is 0.806. The van der Waals surface area contributed by atoms with Crippen molar-refractivity contribution in [3.05, 3.63) is 42.7 Å². The molecule has 2 fully saturated rings. The number of anilines is 2. The fourth-order valence-electron chi connectivity index (χ4n) is 4.33. The lowest BCUT2D eigenvalue weighted by Gasteiger charge is -2.36. The van der Waals surface area contributed by atoms with Gasteiger partial charge in [-0.05, 0) is 25.0 Å². The molecule has 0 bridgehead atoms. The van der Waals surface area contributed by atoms with Crippen LogP contribution in [-0.4, -0.2) is 72.4 Å². The van der Waals surface area contributed by atoms with Gasteiger partial charge in [0, 0.05) is 77.2 Å². The lowest BCUT2D eigenvalue weighted by Crippen LogP contribution is -2.49. The number of hydrogen-bond donors (Lipinski definition) is 1. The van der Waals surface area contributed by atoms with Crippen molar-refractivity contribution in [2.45, 2.75) is 25.3 Å². The molecule has 7 heteroatoms. The van der Waals surface area contributed by atoms with Gasteiger partial charge in [0.25, 0.3) is 0 Å². The molecule has 0 aliphatic carbocycles. The Bertz CT molecular complexity index is 784. The Morgan fingerprint density at radius 1 is 1.07 bits per heavy atom. The summed E-state index contributed by atoms with van der Waals surface area (Å²) in [7, 11) is 1.94. The second-order valence-electron chi connectivity index (χ2n) is 8.14. The number of nitrogens with one attached hydrogen (secondary N) is 1. The largest absolute Gasteiger partial charge is 0.369 e. The Balaban J connectivity index is 1.18. The third kappa shape index (κ3) is 5.29. The van der Waals surface area contributed by atoms with Crippen LogP contribution in [0.15, 0.2) is 42.7 Å². The number of para-hydroxylation sites is 1. The van der Waals surface area contributed by atoms with Crippen LogP contribution in [0.4, 0.5) is 11.4 Å². The first-order valence-corrected chi connectivity index (χ1v) is 10.7. The van der Waals surface area contributed by atoms with Gasteiger partial charge in [-0.15, -0.1) is 0 Å². The lowest BCUT2D eigenvalue weighted by molar-refractivity contribution is -0.122. The van der Waals surface area contributed by atoms with Gasteiger partial charge in [-0.2, -0.15) is 5.10 Å². The molecule has 2 aliphatic heterocycles. The number of carbonyl (C=O) groups is 1. The summed E-state index contributed by atoms with van der Waals surface area (Å²) in [5, 5.41) is 7.52. The van der Waals surface area contributed by atoms with Crippen LogP contribution < -0.4 is 15.1 Å². The van der Waals surface area contributed by atoms with E-state index in [2.05, 4.69) is 55.4 Å². The van der Waals surface area contributed by atoms with Crippen LogP contribution in [0.3, 0.4) is 0 Å². The number of piperazine rings is 1. The molecule has 1 amide bonds. The molecule has 1 N–H and O–H groups in total. The second kappa shape index (κ2) is 9.31. The normalized spacial score (nSPS) is 20.7. The summed E-state index contributed by atoms with van der Waals surface area (Å²) < 4.78 is 1.83. The Labute approximate surface area is 173 Å². The SMILES string of the molecule is Cn1cc(N2CCCC(NC(=O)CCN3CCN(c4ccccc4)CC3)C2)cn1. The zero-order chi connectivity index (χ0) is 20.1. The molecule has 7 nitrogen and oxygen atoms in total. The number of benzene rings is 1. The topological polar surface area (TPSA) is 56.6 Å². The van der Waals surface area contributed by atoms with Crippen molar-refractivity contribution < 1.29 is 4.79 Å². The number of nitrogens with zero attached hydrogens (tertiary/aromatic N) is 5. The Morgan fingerprint density at radius 2 is 1.86 bits per heavy atom. The van der Waals surface area contributed by atoms with E-state index in [1.54, 1.807) is 0 Å². The van der Waals surface area contributed by atoms with Gasteiger partial charge in [-0.1, -0.05) is 18.2 Å². The molecule has 156 valence electrons. The molecular weight excluding hydrogens is 364 g/mol. The van der Waals surface area contributed by atoms with Crippen LogP contribution >= 0.6 is 0 Å². The summed E-state index contributed by atoms with van der Waals surface area (Å²) >= 11 is 0. The Kier molecular flexibility index (Phi) is 6.34. The monoisotopic (exact) mass is 396 g/mol. The molecule has 0 saturated carbocycles. The van der Waals surface area contributed by atoms with E-state index < -0.39 is 0 Å². The zero-order valence-electron chi connectivity index (χ0n) is 17.3. The minimum atomic E-state index is 0.175. The molecule has 1 unspecified atom stereocenters. The van der Waals surface area contributed by atoms with Gasteiger partial charge in [0.05, 0.1) is 11.9 Å². The van der Waals surface area contributed by atoms with Gasteiger partial charge in [0.2, 0.25) is 5.91 Å². The van der Waals surface area contributed by atoms with Gasteiger partial charge in [-0.3, -0.25) is 14.4 Å². The van der Waals surface area contributed by atoms with E-state index in [0.29, 0.717) is 6.42 Å². The summed E-state index contributed by atoms with van der Waals surface area (Å²) in [6.07, 6.45) is 6.67. The van der Waals surface area contributed by atoms with Crippen molar-refractivity contribution in [1.82, 2.24) is 20.0 Å². The fraction of sp³-hybridized carbons (Fsp3) is 0.545. The summed E-state index contributed by atoms with van der Waals surface area (Å²) in [5.74, 6) is 0.175. The zero-order valence-corrected chi connectivity index (χ0v) is 17.3. The van der Waals surface area contributed by atoms with Crippen LogP contribution in [0.5, 0.6) is 0 Å². The van der Waals surface area contributed by atoms with Crippen molar-refractivity contribution in [3.63, 3.8) is 0 Å². The standard InChI is InChI=1S/C22H32N6O/c1-25-18-21(16-23-25)28-10-5-6-19(17-28)24-22(29)9-11-26-12-14-27(15-13-26)20-7-3-2-4-8-20/h2-4,7-8,16,18-19H,5-6,9-15,17H2,1H3,(H,24,29). The molecule has 1 aromatic carbocycles. The van der Waals surface area contributed by atoms with Gasteiger partial charge < -0.3 is 15.1 Å². The molecule has 0 spiro atoms. The molecule has 2 aromatic rings. The smallest absolute Gasteiger partial charge is 0.221 e. The summed E-state index contributed by atoms with van der Waals surface area (Å²) in [5.41, 5.74) is 2.43. The number of piperidine rings is 1. The highest BCUT2D eigenvalue weighted by atomic mass is 16.1. The number of carbonyl (C=O) groups excluding carboxylic acids is 1. The summed E-state index contributed by atoms with van der Waals surface area (Å²) in [6, 6.07) is 10.8. The van der Waals surface area contributed by atoms with Crippen LogP contribution in [0.1, 0.15) is 19.3 Å². The highest BCUT2D eigenvalue weighted by molar-refractivity contribution is 5.76. The van der Waals surface area contributed by atoms with Crippen LogP contribution in [0.2, 0.25) is 0 Å². The van der Waals surface area contributed by atoms with E-state index in [0.717, 1.165) is 64.3 Å². The maximum atomic E-state index is 12.5. The van der Waals surface area contributed by atoms with Gasteiger partial charge in [0.1, 0.15) is 0 Å². The molecule has 3 heterocycles. The molecular formula is C22H32N6O. The molecule has 29 heavy (non-hydrogen) atoms. The Morgan fingerprint density at radius 3 is 2.59 bits per heavy atom. The van der Waals surface area contributed by atoms with E-state index in [1.165, 1.54) is 5.69 Å². The first kappa shape index (κ1) is 19.8. The highest BCUT2D eigenvalue weighted by Gasteiger charge is 2.23. The van der Waals surface area contributed by atoms with E-state index in [9.17, 15) is 4.79 Å². The number of aryl methyl sites for hydroxylation is 1. The first-order valence-electron chi connectivity index (χ1n) is 10.7. The van der Waals surface area contributed by atoms with E-state index in [1.807, 2.05) is 24.1 Å². The average molecular weight is 397 g/mol. The second-order valence-corrected chi connectivity index (χ2v) is 8.14. The first-order chi connectivity index (χ1) is 14.2. The van der Waals surface area contributed by atoms with Crippen molar-refractivity contribution in [2.75, 3.05) is 55.6 Å². The van der Waals surface area contributed by atoms with E-state index in [4.69, 9.17) is 0 Å². The number of hydrogen-bond acceptors (Lipinski definition) is 5. The van der Waals surface area contributed by atoms with Gasteiger partial charge in [-0.25, -0.2) is 0 Å². The minimum absolute atomic E-state index is 0.175. The maximum absolute atomic E-state index is 12.5. The molecule has 2 aliphatic rings. The molecule has 1 aromatic heterocycles. The summed E-state index contributed by atoms with van der Waals surface area (Å²) in [4.78, 5) is 19.7. The predicted octanol–water partition coefficient (Wildman–Crippen LogP) is 1.72. The maximum Gasteiger partial charge on any atom is 0.221 e. The van der Waals surface area contributed by atoms with Crippen LogP contribution in [0, 0.1) is 0 Å². The average Bonchev–Trinajstić information content (AvgIpc) is 3.20. The van der Waals surface area contributed by atoms with Crippen molar-refractivity contribution in [1.29, 1.82) is 0 Å². The van der Waals surface area contributed by atoms with E-state index >= 15 is 0 Å². The van der Waals surface area contributed by atoms with Gasteiger partial charge >= 0.3 is 0 Å². The van der Waals surface area contributed by atoms with Gasteiger partial charge in [0.15, 0.2) is 0 Å². The Hall–Kier alpha value is -2.54. The highest BCUT2D eigenvalue weighted by Crippen LogP contribution is 2.19. The third-order valence-electron chi connectivity index (χ3n) is 5.99. The van der Waals surface area contributed by atoms with Crippen molar-refractivity contribution in [2.24, 2.45) is 7.05 Å². The predicted molar refractivity (Wildman–Crippen MR) is 116 cm³/mol. The van der Waals surface area contributed by atoms with E-state index in [-0.39, 0.29) is 11.9 Å². The molecule has 4 rings (SSSR count). The summed E-state index contributed by atoms with van der Waals surface area (Å²) in [6.45, 7) is 6.81.